The Morgan fingerprint density at radius 2 is 2.06 bits per heavy atom. The zero-order valence-electron chi connectivity index (χ0n) is 10.8. The molecule has 1 aliphatic rings. The first-order valence-electron chi connectivity index (χ1n) is 5.74. The molecule has 5 heteroatoms. The minimum Gasteiger partial charge on any atom is -0.454 e. The van der Waals surface area contributed by atoms with Crippen molar-refractivity contribution in [3.8, 4) is 11.5 Å². The summed E-state index contributed by atoms with van der Waals surface area (Å²) in [7, 11) is 1.66. The van der Waals surface area contributed by atoms with Crippen molar-refractivity contribution in [2.45, 2.75) is 19.4 Å². The van der Waals surface area contributed by atoms with E-state index in [9.17, 15) is 9.90 Å². The van der Waals surface area contributed by atoms with Crippen LogP contribution in [-0.2, 0) is 0 Å². The highest BCUT2D eigenvalue weighted by Crippen LogP contribution is 2.32. The molecule has 0 spiro atoms. The lowest BCUT2D eigenvalue weighted by Crippen LogP contribution is -2.39. The van der Waals surface area contributed by atoms with E-state index >= 15 is 0 Å². The molecule has 0 atom stereocenters. The molecule has 1 amide bonds. The number of nitrogens with zero attached hydrogens (tertiary/aromatic N) is 1. The summed E-state index contributed by atoms with van der Waals surface area (Å²) in [6, 6.07) is 5.07. The second kappa shape index (κ2) is 4.49. The van der Waals surface area contributed by atoms with Crippen molar-refractivity contribution in [3.05, 3.63) is 23.8 Å². The van der Waals surface area contributed by atoms with Gasteiger partial charge < -0.3 is 19.5 Å². The van der Waals surface area contributed by atoms with E-state index in [1.807, 2.05) is 0 Å². The van der Waals surface area contributed by atoms with E-state index in [0.717, 1.165) is 0 Å². The van der Waals surface area contributed by atoms with E-state index in [2.05, 4.69) is 0 Å². The van der Waals surface area contributed by atoms with Gasteiger partial charge in [0.2, 0.25) is 6.79 Å². The number of amides is 1. The average molecular weight is 251 g/mol. The standard InChI is InChI=1S/C13H17NO4/c1-13(2,16)7-14(3)12(15)9-4-5-10-11(6-9)18-8-17-10/h4-6,16H,7-8H2,1-3H3. The fraction of sp³-hybridized carbons (Fsp3) is 0.462. The maximum Gasteiger partial charge on any atom is 0.253 e. The molecule has 0 bridgehead atoms. The maximum absolute atomic E-state index is 12.1. The normalized spacial score (nSPS) is 13.6. The Bertz CT molecular complexity index is 465. The van der Waals surface area contributed by atoms with Crippen molar-refractivity contribution in [1.82, 2.24) is 4.90 Å². The van der Waals surface area contributed by atoms with Crippen LogP contribution in [0.2, 0.25) is 0 Å². The third-order valence-electron chi connectivity index (χ3n) is 2.59. The van der Waals surface area contributed by atoms with Gasteiger partial charge in [-0.05, 0) is 32.0 Å². The van der Waals surface area contributed by atoms with Crippen molar-refractivity contribution in [2.75, 3.05) is 20.4 Å². The van der Waals surface area contributed by atoms with Crippen LogP contribution in [0.5, 0.6) is 11.5 Å². The lowest BCUT2D eigenvalue weighted by Gasteiger charge is -2.25. The van der Waals surface area contributed by atoms with Crippen LogP contribution >= 0.6 is 0 Å². The summed E-state index contributed by atoms with van der Waals surface area (Å²) in [5.41, 5.74) is -0.396. The molecule has 2 rings (SSSR count). The lowest BCUT2D eigenvalue weighted by atomic mass is 10.1. The Kier molecular flexibility index (Phi) is 3.17. The number of carbonyl (C=O) groups excluding carboxylic acids is 1. The van der Waals surface area contributed by atoms with Crippen LogP contribution in [0.15, 0.2) is 18.2 Å². The number of hydrogen-bond donors (Lipinski definition) is 1. The molecule has 0 unspecified atom stereocenters. The molecule has 1 N–H and O–H groups in total. The Labute approximate surface area is 106 Å². The van der Waals surface area contributed by atoms with Crippen molar-refractivity contribution >= 4 is 5.91 Å². The molecule has 0 aromatic heterocycles. The first-order valence-corrected chi connectivity index (χ1v) is 5.74. The summed E-state index contributed by atoms with van der Waals surface area (Å²) in [5, 5.41) is 9.70. The van der Waals surface area contributed by atoms with Crippen molar-refractivity contribution in [2.24, 2.45) is 0 Å². The Balaban J connectivity index is 2.14. The van der Waals surface area contributed by atoms with Crippen LogP contribution < -0.4 is 9.47 Å². The first-order chi connectivity index (χ1) is 8.37. The van der Waals surface area contributed by atoms with Gasteiger partial charge in [0.05, 0.1) is 5.60 Å². The van der Waals surface area contributed by atoms with Crippen LogP contribution in [0.25, 0.3) is 0 Å². The summed E-state index contributed by atoms with van der Waals surface area (Å²) in [6.07, 6.45) is 0. The van der Waals surface area contributed by atoms with E-state index in [0.29, 0.717) is 17.1 Å². The van der Waals surface area contributed by atoms with Gasteiger partial charge in [-0.25, -0.2) is 0 Å². The first kappa shape index (κ1) is 12.7. The number of rotatable bonds is 3. The smallest absolute Gasteiger partial charge is 0.253 e. The van der Waals surface area contributed by atoms with Crippen LogP contribution in [0, 0.1) is 0 Å². The molecule has 0 radical (unpaired) electrons. The van der Waals surface area contributed by atoms with E-state index < -0.39 is 5.60 Å². The number of carbonyl (C=O) groups is 1. The van der Waals surface area contributed by atoms with Gasteiger partial charge in [0.1, 0.15) is 0 Å². The Morgan fingerprint density at radius 1 is 1.39 bits per heavy atom. The molecular weight excluding hydrogens is 234 g/mol. The molecule has 1 heterocycles. The Hall–Kier alpha value is -1.75. The van der Waals surface area contributed by atoms with E-state index in [1.165, 1.54) is 4.90 Å². The third kappa shape index (κ3) is 2.73. The SMILES string of the molecule is CN(CC(C)(C)O)C(=O)c1ccc2c(c1)OCO2. The highest BCUT2D eigenvalue weighted by molar-refractivity contribution is 5.94. The molecule has 0 fully saturated rings. The van der Waals surface area contributed by atoms with Gasteiger partial charge in [-0.3, -0.25) is 4.79 Å². The van der Waals surface area contributed by atoms with Gasteiger partial charge in [-0.15, -0.1) is 0 Å². The number of likely N-dealkylation sites (N-methyl/N-ethyl adjacent to an activating group) is 1. The molecule has 18 heavy (non-hydrogen) atoms. The van der Waals surface area contributed by atoms with Gasteiger partial charge in [-0.1, -0.05) is 0 Å². The van der Waals surface area contributed by atoms with Crippen LogP contribution in [0.3, 0.4) is 0 Å². The number of aliphatic hydroxyl groups is 1. The van der Waals surface area contributed by atoms with Crippen molar-refractivity contribution in [1.29, 1.82) is 0 Å². The average Bonchev–Trinajstić information content (AvgIpc) is 2.72. The molecule has 0 aliphatic carbocycles. The van der Waals surface area contributed by atoms with E-state index in [-0.39, 0.29) is 19.2 Å². The quantitative estimate of drug-likeness (QED) is 0.878. The summed E-state index contributed by atoms with van der Waals surface area (Å²) in [5.74, 6) is 1.07. The molecule has 98 valence electrons. The summed E-state index contributed by atoms with van der Waals surface area (Å²) in [4.78, 5) is 13.6. The Morgan fingerprint density at radius 3 is 2.72 bits per heavy atom. The van der Waals surface area contributed by atoms with Gasteiger partial charge in [0.25, 0.3) is 5.91 Å². The van der Waals surface area contributed by atoms with Crippen LogP contribution in [0.4, 0.5) is 0 Å². The molecule has 5 nitrogen and oxygen atoms in total. The zero-order chi connectivity index (χ0) is 13.3. The molecule has 1 aromatic rings. The minimum absolute atomic E-state index is 0.157. The van der Waals surface area contributed by atoms with Gasteiger partial charge in [-0.2, -0.15) is 0 Å². The summed E-state index contributed by atoms with van der Waals surface area (Å²) in [6.45, 7) is 3.78. The van der Waals surface area contributed by atoms with Crippen molar-refractivity contribution < 1.29 is 19.4 Å². The molecule has 0 saturated heterocycles. The molecule has 0 saturated carbocycles. The van der Waals surface area contributed by atoms with E-state index in [1.54, 1.807) is 39.1 Å². The van der Waals surface area contributed by atoms with Crippen LogP contribution in [-0.4, -0.2) is 41.9 Å². The monoisotopic (exact) mass is 251 g/mol. The predicted octanol–water partition coefficient (Wildman–Crippen LogP) is 1.26. The second-order valence-electron chi connectivity index (χ2n) is 5.04. The minimum atomic E-state index is -0.916. The van der Waals surface area contributed by atoms with Gasteiger partial charge in [0.15, 0.2) is 11.5 Å². The number of hydrogen-bond acceptors (Lipinski definition) is 4. The van der Waals surface area contributed by atoms with Crippen molar-refractivity contribution in [3.63, 3.8) is 0 Å². The van der Waals surface area contributed by atoms with Gasteiger partial charge in [0, 0.05) is 19.2 Å². The largest absolute Gasteiger partial charge is 0.454 e. The van der Waals surface area contributed by atoms with Crippen LogP contribution in [0.1, 0.15) is 24.2 Å². The highest BCUT2D eigenvalue weighted by atomic mass is 16.7. The zero-order valence-corrected chi connectivity index (χ0v) is 10.8. The molecular formula is C13H17NO4. The fourth-order valence-corrected chi connectivity index (χ4v) is 1.90. The van der Waals surface area contributed by atoms with Gasteiger partial charge >= 0.3 is 0 Å². The topological polar surface area (TPSA) is 59.0 Å². The lowest BCUT2D eigenvalue weighted by molar-refractivity contribution is 0.0368. The fourth-order valence-electron chi connectivity index (χ4n) is 1.90. The number of fused-ring (bicyclic) bond motifs is 1. The summed E-state index contributed by atoms with van der Waals surface area (Å²) < 4.78 is 10.4. The highest BCUT2D eigenvalue weighted by Gasteiger charge is 2.22. The second-order valence-corrected chi connectivity index (χ2v) is 5.04. The maximum atomic E-state index is 12.1. The molecule has 1 aliphatic heterocycles. The third-order valence-corrected chi connectivity index (χ3v) is 2.59. The number of benzene rings is 1. The summed E-state index contributed by atoms with van der Waals surface area (Å²) >= 11 is 0. The number of ether oxygens (including phenoxy) is 2. The molecule has 1 aromatic carbocycles. The predicted molar refractivity (Wildman–Crippen MR) is 65.8 cm³/mol. The van der Waals surface area contributed by atoms with E-state index in [4.69, 9.17) is 9.47 Å².